The minimum absolute atomic E-state index is 0.0856. The lowest BCUT2D eigenvalue weighted by Crippen LogP contribution is -2.48. The standard InChI is InChI=1S/C25H26N6O2/c32-25(28-19-8-2-1-3-9-19)31-14-21-20(26-15-27-21)13-22(31)24-29-23(30-33-24)18-11-10-16-6-4-5-7-17(16)12-18/h4-7,10-12,15,19,22H,1-3,8-9,13-14H2,(H,26,27)(H,28,32). The van der Waals surface area contributed by atoms with E-state index < -0.39 is 0 Å². The molecular formula is C25H26N6O2. The smallest absolute Gasteiger partial charge is 0.318 e. The van der Waals surface area contributed by atoms with Crippen LogP contribution in [0.5, 0.6) is 0 Å². The number of rotatable bonds is 3. The number of carbonyl (C=O) groups excluding carboxylic acids is 1. The fourth-order valence-electron chi connectivity index (χ4n) is 4.99. The van der Waals surface area contributed by atoms with Crippen molar-refractivity contribution in [3.05, 3.63) is 66.1 Å². The average molecular weight is 443 g/mol. The number of benzene rings is 2. The molecule has 6 rings (SSSR count). The van der Waals surface area contributed by atoms with E-state index in [0.29, 0.717) is 24.7 Å². The highest BCUT2D eigenvalue weighted by atomic mass is 16.5. The molecule has 4 aromatic rings. The van der Waals surface area contributed by atoms with Gasteiger partial charge in [0.25, 0.3) is 0 Å². The second-order valence-electron chi connectivity index (χ2n) is 8.98. The van der Waals surface area contributed by atoms with Gasteiger partial charge in [0.05, 0.1) is 24.3 Å². The average Bonchev–Trinajstić information content (AvgIpc) is 3.53. The third-order valence-corrected chi connectivity index (χ3v) is 6.83. The molecule has 1 atom stereocenters. The molecule has 2 aliphatic rings. The van der Waals surface area contributed by atoms with E-state index in [4.69, 9.17) is 9.51 Å². The zero-order chi connectivity index (χ0) is 22.2. The number of nitrogens with one attached hydrogen (secondary N) is 2. The van der Waals surface area contributed by atoms with Gasteiger partial charge in [-0.05, 0) is 29.7 Å². The van der Waals surface area contributed by atoms with Crippen molar-refractivity contribution < 1.29 is 9.32 Å². The zero-order valence-corrected chi connectivity index (χ0v) is 18.3. The molecule has 1 unspecified atom stereocenters. The van der Waals surface area contributed by atoms with Crippen LogP contribution in [0.1, 0.15) is 55.4 Å². The Morgan fingerprint density at radius 2 is 1.94 bits per heavy atom. The van der Waals surface area contributed by atoms with E-state index in [1.165, 1.54) is 6.42 Å². The summed E-state index contributed by atoms with van der Waals surface area (Å²) < 4.78 is 5.71. The summed E-state index contributed by atoms with van der Waals surface area (Å²) in [5.41, 5.74) is 2.78. The van der Waals surface area contributed by atoms with Gasteiger partial charge in [-0.15, -0.1) is 0 Å². The van der Waals surface area contributed by atoms with Gasteiger partial charge in [0, 0.05) is 18.0 Å². The molecule has 3 heterocycles. The maximum atomic E-state index is 13.3. The number of fused-ring (bicyclic) bond motifs is 2. The molecule has 0 saturated heterocycles. The summed E-state index contributed by atoms with van der Waals surface area (Å²) in [5, 5.41) is 9.76. The maximum Gasteiger partial charge on any atom is 0.318 e. The van der Waals surface area contributed by atoms with Crippen LogP contribution < -0.4 is 5.32 Å². The molecule has 0 radical (unpaired) electrons. The number of aromatic amines is 1. The SMILES string of the molecule is O=C(NC1CCCCC1)N1Cc2[nH]cnc2CC1c1nc(-c2ccc3ccccc3c2)no1. The van der Waals surface area contributed by atoms with Gasteiger partial charge in [-0.3, -0.25) is 0 Å². The first-order valence-electron chi connectivity index (χ1n) is 11.7. The first-order chi connectivity index (χ1) is 16.2. The van der Waals surface area contributed by atoms with E-state index in [-0.39, 0.29) is 18.1 Å². The molecule has 1 aliphatic heterocycles. The predicted molar refractivity (Wildman–Crippen MR) is 123 cm³/mol. The molecule has 2 aromatic carbocycles. The molecule has 1 aliphatic carbocycles. The number of hydrogen-bond acceptors (Lipinski definition) is 5. The summed E-state index contributed by atoms with van der Waals surface area (Å²) in [7, 11) is 0. The van der Waals surface area contributed by atoms with E-state index in [1.807, 2.05) is 18.2 Å². The number of H-pyrrole nitrogens is 1. The van der Waals surface area contributed by atoms with Crippen LogP contribution in [0.25, 0.3) is 22.2 Å². The summed E-state index contributed by atoms with van der Waals surface area (Å²) in [5.74, 6) is 0.960. The van der Waals surface area contributed by atoms with Gasteiger partial charge in [0.1, 0.15) is 6.04 Å². The highest BCUT2D eigenvalue weighted by Gasteiger charge is 2.37. The zero-order valence-electron chi connectivity index (χ0n) is 18.3. The predicted octanol–water partition coefficient (Wildman–Crippen LogP) is 4.75. The largest absolute Gasteiger partial charge is 0.347 e. The topological polar surface area (TPSA) is 99.9 Å². The quantitative estimate of drug-likeness (QED) is 0.477. The van der Waals surface area contributed by atoms with Crippen molar-refractivity contribution in [3.8, 4) is 11.4 Å². The summed E-state index contributed by atoms with van der Waals surface area (Å²) >= 11 is 0. The molecule has 0 spiro atoms. The maximum absolute atomic E-state index is 13.3. The van der Waals surface area contributed by atoms with Gasteiger partial charge in [0.2, 0.25) is 11.7 Å². The molecule has 33 heavy (non-hydrogen) atoms. The van der Waals surface area contributed by atoms with E-state index in [0.717, 1.165) is 53.4 Å². The number of imidazole rings is 1. The summed E-state index contributed by atoms with van der Waals surface area (Å²) in [4.78, 5) is 27.4. The van der Waals surface area contributed by atoms with Crippen molar-refractivity contribution in [1.29, 1.82) is 0 Å². The first kappa shape index (κ1) is 20.0. The number of amides is 2. The fraction of sp³-hybridized carbons (Fsp3) is 0.360. The fourth-order valence-corrected chi connectivity index (χ4v) is 4.99. The van der Waals surface area contributed by atoms with Crippen molar-refractivity contribution in [2.45, 2.75) is 57.2 Å². The molecular weight excluding hydrogens is 416 g/mol. The molecule has 1 saturated carbocycles. The normalized spacial score (nSPS) is 18.9. The van der Waals surface area contributed by atoms with Gasteiger partial charge >= 0.3 is 6.03 Å². The van der Waals surface area contributed by atoms with Crippen LogP contribution in [-0.4, -0.2) is 37.1 Å². The number of urea groups is 1. The number of aromatic nitrogens is 4. The van der Waals surface area contributed by atoms with Crippen molar-refractivity contribution in [1.82, 2.24) is 30.3 Å². The van der Waals surface area contributed by atoms with Crippen molar-refractivity contribution >= 4 is 16.8 Å². The number of hydrogen-bond donors (Lipinski definition) is 2. The third-order valence-electron chi connectivity index (χ3n) is 6.83. The van der Waals surface area contributed by atoms with E-state index >= 15 is 0 Å². The van der Waals surface area contributed by atoms with Crippen molar-refractivity contribution in [2.24, 2.45) is 0 Å². The Balaban J connectivity index is 1.29. The third kappa shape index (κ3) is 3.86. The molecule has 1 fully saturated rings. The Morgan fingerprint density at radius 1 is 1.09 bits per heavy atom. The van der Waals surface area contributed by atoms with Gasteiger partial charge in [-0.1, -0.05) is 60.8 Å². The summed E-state index contributed by atoms with van der Waals surface area (Å²) in [6, 6.07) is 14.1. The van der Waals surface area contributed by atoms with Crippen LogP contribution in [0.4, 0.5) is 4.79 Å². The number of carbonyl (C=O) groups is 1. The van der Waals surface area contributed by atoms with Crippen LogP contribution in [-0.2, 0) is 13.0 Å². The van der Waals surface area contributed by atoms with Gasteiger partial charge in [-0.2, -0.15) is 4.98 Å². The molecule has 2 aromatic heterocycles. The molecule has 2 N–H and O–H groups in total. The van der Waals surface area contributed by atoms with E-state index in [1.54, 1.807) is 11.2 Å². The van der Waals surface area contributed by atoms with Gasteiger partial charge in [-0.25, -0.2) is 9.78 Å². The molecule has 8 heteroatoms. The first-order valence-corrected chi connectivity index (χ1v) is 11.7. The lowest BCUT2D eigenvalue weighted by atomic mass is 9.95. The van der Waals surface area contributed by atoms with Crippen LogP contribution in [0, 0.1) is 0 Å². The molecule has 0 bridgehead atoms. The second kappa shape index (κ2) is 8.35. The highest BCUT2D eigenvalue weighted by Crippen LogP contribution is 2.33. The van der Waals surface area contributed by atoms with E-state index in [9.17, 15) is 4.79 Å². The van der Waals surface area contributed by atoms with Crippen LogP contribution >= 0.6 is 0 Å². The Kier molecular flexibility index (Phi) is 5.05. The van der Waals surface area contributed by atoms with Gasteiger partial charge in [0.15, 0.2) is 0 Å². The van der Waals surface area contributed by atoms with Crippen molar-refractivity contribution in [3.63, 3.8) is 0 Å². The second-order valence-corrected chi connectivity index (χ2v) is 8.98. The van der Waals surface area contributed by atoms with Crippen LogP contribution in [0.3, 0.4) is 0 Å². The van der Waals surface area contributed by atoms with E-state index in [2.05, 4.69) is 44.7 Å². The Labute approximate surface area is 191 Å². The summed E-state index contributed by atoms with van der Waals surface area (Å²) in [6.45, 7) is 0.437. The number of nitrogens with zero attached hydrogens (tertiary/aromatic N) is 4. The monoisotopic (exact) mass is 442 g/mol. The van der Waals surface area contributed by atoms with Crippen LogP contribution in [0.2, 0.25) is 0 Å². The van der Waals surface area contributed by atoms with Crippen molar-refractivity contribution in [2.75, 3.05) is 0 Å². The molecule has 8 nitrogen and oxygen atoms in total. The Morgan fingerprint density at radius 3 is 2.82 bits per heavy atom. The lowest BCUT2D eigenvalue weighted by Gasteiger charge is -2.34. The minimum Gasteiger partial charge on any atom is -0.347 e. The molecule has 168 valence electrons. The lowest BCUT2D eigenvalue weighted by molar-refractivity contribution is 0.138. The van der Waals surface area contributed by atoms with Gasteiger partial charge < -0.3 is 19.7 Å². The molecule has 2 amide bonds. The Bertz CT molecular complexity index is 1290. The Hall–Kier alpha value is -3.68. The minimum atomic E-state index is -0.355. The highest BCUT2D eigenvalue weighted by molar-refractivity contribution is 5.86. The van der Waals surface area contributed by atoms with Crippen LogP contribution in [0.15, 0.2) is 53.3 Å². The summed E-state index contributed by atoms with van der Waals surface area (Å²) in [6.07, 6.45) is 7.86.